The molecule has 0 aromatic carbocycles. The summed E-state index contributed by atoms with van der Waals surface area (Å²) in [4.78, 5) is 10.2. The molecule has 0 unspecified atom stereocenters. The number of hydrogen-bond donors (Lipinski definition) is 5. The van der Waals surface area contributed by atoms with Crippen LogP contribution in [0.4, 0.5) is 0 Å². The summed E-state index contributed by atoms with van der Waals surface area (Å²) in [5, 5.41) is 26.3. The van der Waals surface area contributed by atoms with Crippen LogP contribution in [-0.2, 0) is 4.79 Å². The van der Waals surface area contributed by atoms with Gasteiger partial charge in [-0.25, -0.2) is 0 Å². The summed E-state index contributed by atoms with van der Waals surface area (Å²) in [7, 11) is 0. The molecular weight excluding hydrogens is 164 g/mol. The van der Waals surface area contributed by atoms with Crippen LogP contribution < -0.4 is 11.5 Å². The largest absolute Gasteiger partial charge is 0.480 e. The lowest BCUT2D eigenvalue weighted by Crippen LogP contribution is -2.41. The molecule has 0 saturated carbocycles. The molecule has 0 amide bonds. The lowest BCUT2D eigenvalue weighted by Gasteiger charge is -2.17. The highest BCUT2D eigenvalue weighted by Crippen LogP contribution is 2.00. The highest BCUT2D eigenvalue weighted by Gasteiger charge is 2.21. The summed E-state index contributed by atoms with van der Waals surface area (Å²) in [6.07, 6.45) is -2.50. The molecular formula is C6H14N2O4. The van der Waals surface area contributed by atoms with Crippen LogP contribution in [0.1, 0.15) is 6.42 Å². The highest BCUT2D eigenvalue weighted by molar-refractivity contribution is 5.73. The van der Waals surface area contributed by atoms with E-state index in [1.807, 2.05) is 0 Å². The second-order valence-corrected chi connectivity index (χ2v) is 2.55. The fraction of sp³-hybridized carbons (Fsp3) is 0.833. The van der Waals surface area contributed by atoms with Gasteiger partial charge in [-0.15, -0.1) is 0 Å². The molecule has 0 spiro atoms. The van der Waals surface area contributed by atoms with Gasteiger partial charge in [-0.1, -0.05) is 0 Å². The van der Waals surface area contributed by atoms with Gasteiger partial charge in [-0.05, 0) is 0 Å². The van der Waals surface area contributed by atoms with Crippen LogP contribution in [0, 0.1) is 0 Å². The Morgan fingerprint density at radius 2 is 1.83 bits per heavy atom. The summed E-state index contributed by atoms with van der Waals surface area (Å²) in [6.45, 7) is -0.118. The molecule has 0 fully saturated rings. The molecule has 3 atom stereocenters. The fourth-order valence-corrected chi connectivity index (χ4v) is 0.675. The number of carboxylic acid groups (broad SMARTS) is 1. The summed E-state index contributed by atoms with van der Waals surface area (Å²) in [5.41, 5.74) is 10.1. The number of nitrogens with two attached hydrogens (primary N) is 2. The lowest BCUT2D eigenvalue weighted by molar-refractivity contribution is -0.139. The minimum absolute atomic E-state index is 0.118. The van der Waals surface area contributed by atoms with Gasteiger partial charge < -0.3 is 26.8 Å². The Morgan fingerprint density at radius 3 is 2.17 bits per heavy atom. The Kier molecular flexibility index (Phi) is 4.75. The molecule has 0 bridgehead atoms. The van der Waals surface area contributed by atoms with E-state index >= 15 is 0 Å². The van der Waals surface area contributed by atoms with Crippen LogP contribution in [0.15, 0.2) is 0 Å². The van der Waals surface area contributed by atoms with Gasteiger partial charge in [0.25, 0.3) is 0 Å². The standard InChI is InChI=1S/C6H14N2O4/c7-2-5(10)4(9)1-3(8)6(11)12/h3-5,9-10H,1-2,7-8H2,(H,11,12)/t3-,4-,5-/m0/s1. The minimum Gasteiger partial charge on any atom is -0.480 e. The Morgan fingerprint density at radius 1 is 1.33 bits per heavy atom. The first kappa shape index (κ1) is 11.3. The first-order valence-electron chi connectivity index (χ1n) is 3.53. The zero-order valence-corrected chi connectivity index (χ0v) is 6.55. The molecule has 0 saturated heterocycles. The van der Waals surface area contributed by atoms with Gasteiger partial charge in [-0.3, -0.25) is 4.79 Å². The maximum absolute atomic E-state index is 10.2. The molecule has 0 heterocycles. The average molecular weight is 178 g/mol. The molecule has 6 heteroatoms. The van der Waals surface area contributed by atoms with E-state index in [4.69, 9.17) is 26.8 Å². The third-order valence-electron chi connectivity index (χ3n) is 1.50. The van der Waals surface area contributed by atoms with E-state index < -0.39 is 24.2 Å². The lowest BCUT2D eigenvalue weighted by atomic mass is 10.1. The van der Waals surface area contributed by atoms with Crippen LogP contribution in [0.25, 0.3) is 0 Å². The molecule has 0 aromatic rings. The van der Waals surface area contributed by atoms with Crippen molar-refractivity contribution in [2.45, 2.75) is 24.7 Å². The van der Waals surface area contributed by atoms with E-state index in [2.05, 4.69) is 0 Å². The predicted octanol–water partition coefficient (Wildman–Crippen LogP) is -2.53. The van der Waals surface area contributed by atoms with E-state index in [1.165, 1.54) is 0 Å². The van der Waals surface area contributed by atoms with Crippen molar-refractivity contribution in [3.05, 3.63) is 0 Å². The van der Waals surface area contributed by atoms with Gasteiger partial charge in [0.15, 0.2) is 0 Å². The molecule has 0 rings (SSSR count). The number of aliphatic hydroxyl groups is 2. The first-order valence-corrected chi connectivity index (χ1v) is 3.53. The predicted molar refractivity (Wildman–Crippen MR) is 41.3 cm³/mol. The number of aliphatic carboxylic acids is 1. The topological polar surface area (TPSA) is 130 Å². The van der Waals surface area contributed by atoms with Crippen molar-refractivity contribution < 1.29 is 20.1 Å². The van der Waals surface area contributed by atoms with E-state index in [9.17, 15) is 4.79 Å². The second-order valence-electron chi connectivity index (χ2n) is 2.55. The Bertz CT molecular complexity index is 152. The Balaban J connectivity index is 3.83. The molecule has 12 heavy (non-hydrogen) atoms. The number of carboxylic acids is 1. The number of hydrogen-bond acceptors (Lipinski definition) is 5. The molecule has 0 aliphatic heterocycles. The molecule has 6 nitrogen and oxygen atoms in total. The van der Waals surface area contributed by atoms with Crippen molar-refractivity contribution in [2.24, 2.45) is 11.5 Å². The van der Waals surface area contributed by atoms with Gasteiger partial charge in [0.2, 0.25) is 0 Å². The third-order valence-corrected chi connectivity index (χ3v) is 1.50. The molecule has 0 aliphatic carbocycles. The molecule has 0 aromatic heterocycles. The van der Waals surface area contributed by atoms with Gasteiger partial charge >= 0.3 is 5.97 Å². The summed E-state index contributed by atoms with van der Waals surface area (Å²) in [5.74, 6) is -1.21. The summed E-state index contributed by atoms with van der Waals surface area (Å²) >= 11 is 0. The van der Waals surface area contributed by atoms with E-state index in [-0.39, 0.29) is 13.0 Å². The fourth-order valence-electron chi connectivity index (χ4n) is 0.675. The normalized spacial score (nSPS) is 18.3. The highest BCUT2D eigenvalue weighted by atomic mass is 16.4. The second kappa shape index (κ2) is 5.04. The van der Waals surface area contributed by atoms with Gasteiger partial charge in [0, 0.05) is 13.0 Å². The Hall–Kier alpha value is -0.690. The molecule has 0 radical (unpaired) electrons. The van der Waals surface area contributed by atoms with Crippen molar-refractivity contribution in [3.63, 3.8) is 0 Å². The molecule has 72 valence electrons. The SMILES string of the molecule is NC[C@H](O)[C@@H](O)C[C@H](N)C(=O)O. The van der Waals surface area contributed by atoms with Crippen LogP contribution in [0.3, 0.4) is 0 Å². The van der Waals surface area contributed by atoms with Crippen molar-refractivity contribution in [1.82, 2.24) is 0 Å². The smallest absolute Gasteiger partial charge is 0.320 e. The first-order chi connectivity index (χ1) is 5.49. The number of aliphatic hydroxyl groups excluding tert-OH is 2. The zero-order valence-electron chi connectivity index (χ0n) is 6.55. The number of carbonyl (C=O) groups is 1. The molecule has 7 N–H and O–H groups in total. The monoisotopic (exact) mass is 178 g/mol. The van der Waals surface area contributed by atoms with Crippen molar-refractivity contribution in [1.29, 1.82) is 0 Å². The maximum atomic E-state index is 10.2. The van der Waals surface area contributed by atoms with Crippen molar-refractivity contribution in [3.8, 4) is 0 Å². The van der Waals surface area contributed by atoms with E-state index in [0.29, 0.717) is 0 Å². The maximum Gasteiger partial charge on any atom is 0.320 e. The zero-order chi connectivity index (χ0) is 9.72. The summed E-state index contributed by atoms with van der Waals surface area (Å²) < 4.78 is 0. The minimum atomic E-state index is -1.21. The van der Waals surface area contributed by atoms with Crippen LogP contribution in [0.2, 0.25) is 0 Å². The summed E-state index contributed by atoms with van der Waals surface area (Å²) in [6, 6.07) is -1.17. The third kappa shape index (κ3) is 3.63. The average Bonchev–Trinajstić information content (AvgIpc) is 2.02. The van der Waals surface area contributed by atoms with Crippen LogP contribution in [0.5, 0.6) is 0 Å². The van der Waals surface area contributed by atoms with Crippen LogP contribution >= 0.6 is 0 Å². The Labute approximate surface area is 69.8 Å². The van der Waals surface area contributed by atoms with Crippen LogP contribution in [-0.4, -0.2) is 46.1 Å². The van der Waals surface area contributed by atoms with Gasteiger partial charge in [0.1, 0.15) is 6.04 Å². The quantitative estimate of drug-likeness (QED) is 0.315. The van der Waals surface area contributed by atoms with E-state index in [1.54, 1.807) is 0 Å². The molecule has 0 aliphatic rings. The number of rotatable bonds is 5. The van der Waals surface area contributed by atoms with E-state index in [0.717, 1.165) is 0 Å². The van der Waals surface area contributed by atoms with Crippen molar-refractivity contribution >= 4 is 5.97 Å². The van der Waals surface area contributed by atoms with Crippen molar-refractivity contribution in [2.75, 3.05) is 6.54 Å². The van der Waals surface area contributed by atoms with Gasteiger partial charge in [-0.2, -0.15) is 0 Å². The van der Waals surface area contributed by atoms with Gasteiger partial charge in [0.05, 0.1) is 12.2 Å².